The smallest absolute Gasteiger partial charge is 0.255 e. The molecule has 1 aliphatic heterocycles. The van der Waals surface area contributed by atoms with Gasteiger partial charge >= 0.3 is 0 Å². The van der Waals surface area contributed by atoms with E-state index in [0.717, 1.165) is 5.56 Å². The van der Waals surface area contributed by atoms with Gasteiger partial charge < -0.3 is 16.0 Å². The molecule has 0 aromatic heterocycles. The maximum atomic E-state index is 12.9. The van der Waals surface area contributed by atoms with Gasteiger partial charge in [-0.3, -0.25) is 4.79 Å². The summed E-state index contributed by atoms with van der Waals surface area (Å²) in [6.45, 7) is 1.82. The third-order valence-electron chi connectivity index (χ3n) is 3.78. The SMILES string of the molecule is CC1=C(C(=O)Nc2cccc(Cl)c2)C(c2cccc(Cl)c2)NC(=S)N1. The second-order valence-corrected chi connectivity index (χ2v) is 6.87. The van der Waals surface area contributed by atoms with E-state index >= 15 is 0 Å². The van der Waals surface area contributed by atoms with Gasteiger partial charge in [0.1, 0.15) is 0 Å². The molecule has 3 rings (SSSR count). The summed E-state index contributed by atoms with van der Waals surface area (Å²) in [4.78, 5) is 12.9. The fourth-order valence-electron chi connectivity index (χ4n) is 2.70. The van der Waals surface area contributed by atoms with E-state index < -0.39 is 6.04 Å². The lowest BCUT2D eigenvalue weighted by molar-refractivity contribution is -0.113. The summed E-state index contributed by atoms with van der Waals surface area (Å²) in [5, 5.41) is 10.6. The molecule has 3 N–H and O–H groups in total. The molecule has 0 radical (unpaired) electrons. The lowest BCUT2D eigenvalue weighted by Gasteiger charge is -2.30. The Bertz CT molecular complexity index is 882. The zero-order valence-electron chi connectivity index (χ0n) is 13.3. The predicted octanol–water partition coefficient (Wildman–Crippen LogP) is 4.42. The maximum Gasteiger partial charge on any atom is 0.255 e. The van der Waals surface area contributed by atoms with Crippen LogP contribution in [-0.4, -0.2) is 11.0 Å². The van der Waals surface area contributed by atoms with Gasteiger partial charge in [-0.25, -0.2) is 0 Å². The lowest BCUT2D eigenvalue weighted by Crippen LogP contribution is -2.45. The highest BCUT2D eigenvalue weighted by atomic mass is 35.5. The number of rotatable bonds is 3. The predicted molar refractivity (Wildman–Crippen MR) is 106 cm³/mol. The Morgan fingerprint density at radius 3 is 2.48 bits per heavy atom. The van der Waals surface area contributed by atoms with Crippen LogP contribution in [0, 0.1) is 0 Å². The molecule has 0 saturated heterocycles. The first kappa shape index (κ1) is 17.7. The highest BCUT2D eigenvalue weighted by Crippen LogP contribution is 2.29. The van der Waals surface area contributed by atoms with Gasteiger partial charge in [0, 0.05) is 21.4 Å². The summed E-state index contributed by atoms with van der Waals surface area (Å²) in [7, 11) is 0. The van der Waals surface area contributed by atoms with Gasteiger partial charge in [-0.15, -0.1) is 0 Å². The molecule has 1 atom stereocenters. The molecule has 0 spiro atoms. The second-order valence-electron chi connectivity index (χ2n) is 5.59. The third-order valence-corrected chi connectivity index (χ3v) is 4.47. The molecule has 128 valence electrons. The summed E-state index contributed by atoms with van der Waals surface area (Å²) >= 11 is 17.3. The lowest BCUT2D eigenvalue weighted by atomic mass is 9.95. The number of hydrogen-bond acceptors (Lipinski definition) is 2. The summed E-state index contributed by atoms with van der Waals surface area (Å²) < 4.78 is 0. The number of amides is 1. The maximum absolute atomic E-state index is 12.9. The van der Waals surface area contributed by atoms with Crippen LogP contribution in [0.3, 0.4) is 0 Å². The van der Waals surface area contributed by atoms with Crippen molar-refractivity contribution < 1.29 is 4.79 Å². The van der Waals surface area contributed by atoms with Crippen molar-refractivity contribution in [2.75, 3.05) is 5.32 Å². The minimum atomic E-state index is -0.397. The molecule has 2 aromatic rings. The van der Waals surface area contributed by atoms with Crippen molar-refractivity contribution in [1.29, 1.82) is 0 Å². The van der Waals surface area contributed by atoms with Crippen molar-refractivity contribution in [2.24, 2.45) is 0 Å². The van der Waals surface area contributed by atoms with E-state index in [-0.39, 0.29) is 5.91 Å². The van der Waals surface area contributed by atoms with E-state index in [1.165, 1.54) is 0 Å². The standard InChI is InChI=1S/C18H15Cl2N3OS/c1-10-15(17(24)22-14-7-3-6-13(20)9-14)16(23-18(25)21-10)11-4-2-5-12(19)8-11/h2-9,16H,1H3,(H,22,24)(H2,21,23,25). The molecule has 1 aliphatic rings. The molecule has 4 nitrogen and oxygen atoms in total. The van der Waals surface area contributed by atoms with Gasteiger partial charge in [0.2, 0.25) is 0 Å². The van der Waals surface area contributed by atoms with Crippen molar-refractivity contribution in [2.45, 2.75) is 13.0 Å². The van der Waals surface area contributed by atoms with Crippen LogP contribution >= 0.6 is 35.4 Å². The van der Waals surface area contributed by atoms with Gasteiger partial charge in [-0.1, -0.05) is 41.4 Å². The molecule has 1 heterocycles. The molecular formula is C18H15Cl2N3OS. The first-order valence-corrected chi connectivity index (χ1v) is 8.71. The molecule has 7 heteroatoms. The average molecular weight is 392 g/mol. The van der Waals surface area contributed by atoms with E-state index in [9.17, 15) is 4.79 Å². The summed E-state index contributed by atoms with van der Waals surface area (Å²) in [5.74, 6) is -0.243. The van der Waals surface area contributed by atoms with Crippen LogP contribution < -0.4 is 16.0 Å². The van der Waals surface area contributed by atoms with E-state index in [1.807, 2.05) is 25.1 Å². The number of allylic oxidation sites excluding steroid dienone is 1. The topological polar surface area (TPSA) is 53.2 Å². The Balaban J connectivity index is 1.96. The second kappa shape index (κ2) is 7.44. The largest absolute Gasteiger partial charge is 0.351 e. The molecule has 1 amide bonds. The van der Waals surface area contributed by atoms with E-state index in [2.05, 4.69) is 16.0 Å². The first-order valence-electron chi connectivity index (χ1n) is 7.54. The van der Waals surface area contributed by atoms with Gasteiger partial charge in [0.25, 0.3) is 5.91 Å². The van der Waals surface area contributed by atoms with Crippen LogP contribution in [0.2, 0.25) is 10.0 Å². The van der Waals surface area contributed by atoms with Crippen molar-refractivity contribution in [3.8, 4) is 0 Å². The van der Waals surface area contributed by atoms with Crippen LogP contribution in [0.15, 0.2) is 59.8 Å². The minimum Gasteiger partial charge on any atom is -0.351 e. The third kappa shape index (κ3) is 4.12. The Morgan fingerprint density at radius 2 is 1.80 bits per heavy atom. The van der Waals surface area contributed by atoms with Crippen molar-refractivity contribution in [3.05, 3.63) is 75.4 Å². The minimum absolute atomic E-state index is 0.243. The summed E-state index contributed by atoms with van der Waals surface area (Å²) in [6.07, 6.45) is 0. The number of anilines is 1. The van der Waals surface area contributed by atoms with Crippen LogP contribution in [0.5, 0.6) is 0 Å². The Hall–Kier alpha value is -2.08. The van der Waals surface area contributed by atoms with Crippen LogP contribution in [0.1, 0.15) is 18.5 Å². The number of hydrogen-bond donors (Lipinski definition) is 3. The van der Waals surface area contributed by atoms with E-state index in [1.54, 1.807) is 30.3 Å². The fourth-order valence-corrected chi connectivity index (χ4v) is 3.36. The number of benzene rings is 2. The number of nitrogens with one attached hydrogen (secondary N) is 3. The molecule has 25 heavy (non-hydrogen) atoms. The van der Waals surface area contributed by atoms with Crippen LogP contribution in [0.4, 0.5) is 5.69 Å². The van der Waals surface area contributed by atoms with Gasteiger partial charge in [0.05, 0.1) is 11.6 Å². The van der Waals surface area contributed by atoms with Crippen LogP contribution in [-0.2, 0) is 4.79 Å². The molecule has 0 fully saturated rings. The Kier molecular flexibility index (Phi) is 5.27. The number of carbonyl (C=O) groups excluding carboxylic acids is 1. The molecule has 0 bridgehead atoms. The highest BCUT2D eigenvalue weighted by Gasteiger charge is 2.30. The van der Waals surface area contributed by atoms with Crippen LogP contribution in [0.25, 0.3) is 0 Å². The molecule has 2 aromatic carbocycles. The zero-order chi connectivity index (χ0) is 18.0. The highest BCUT2D eigenvalue weighted by molar-refractivity contribution is 7.80. The fraction of sp³-hybridized carbons (Fsp3) is 0.111. The zero-order valence-corrected chi connectivity index (χ0v) is 15.6. The molecular weight excluding hydrogens is 377 g/mol. The average Bonchev–Trinajstić information content (AvgIpc) is 2.54. The molecule has 1 unspecified atom stereocenters. The Morgan fingerprint density at radius 1 is 1.12 bits per heavy atom. The summed E-state index contributed by atoms with van der Waals surface area (Å²) in [6, 6.07) is 13.9. The van der Waals surface area contributed by atoms with Gasteiger partial charge in [-0.05, 0) is 55.0 Å². The normalized spacial score (nSPS) is 16.9. The number of carbonyl (C=O) groups is 1. The number of thiocarbonyl (C=S) groups is 1. The Labute approximate surface area is 161 Å². The van der Waals surface area contributed by atoms with Crippen molar-refractivity contribution in [3.63, 3.8) is 0 Å². The molecule has 0 saturated carbocycles. The quantitative estimate of drug-likeness (QED) is 0.677. The van der Waals surface area contributed by atoms with Crippen molar-refractivity contribution >= 4 is 52.1 Å². The summed E-state index contributed by atoms with van der Waals surface area (Å²) in [5.41, 5.74) is 2.70. The monoisotopic (exact) mass is 391 g/mol. The van der Waals surface area contributed by atoms with E-state index in [4.69, 9.17) is 35.4 Å². The van der Waals surface area contributed by atoms with Gasteiger partial charge in [-0.2, -0.15) is 0 Å². The number of halogens is 2. The molecule has 0 aliphatic carbocycles. The van der Waals surface area contributed by atoms with Gasteiger partial charge in [0.15, 0.2) is 5.11 Å². The first-order chi connectivity index (χ1) is 11.9. The van der Waals surface area contributed by atoms with E-state index in [0.29, 0.717) is 32.1 Å². The van der Waals surface area contributed by atoms with Crippen molar-refractivity contribution in [1.82, 2.24) is 10.6 Å².